The molecule has 302 valence electrons. The average Bonchev–Trinajstić information content (AvgIpc) is 3.32. The summed E-state index contributed by atoms with van der Waals surface area (Å²) >= 11 is 0. The number of para-hydroxylation sites is 1. The highest BCUT2D eigenvalue weighted by Gasteiger charge is 2.43. The Morgan fingerprint density at radius 3 is 1.69 bits per heavy atom. The molecule has 0 atom stereocenters. The highest BCUT2D eigenvalue weighted by Crippen LogP contribution is 2.50. The first kappa shape index (κ1) is 38.0. The molecule has 2 heterocycles. The van der Waals surface area contributed by atoms with E-state index in [1.807, 2.05) is 12.1 Å². The van der Waals surface area contributed by atoms with Crippen LogP contribution in [0.25, 0.3) is 76.8 Å². The number of nitriles is 1. The van der Waals surface area contributed by atoms with Crippen molar-refractivity contribution < 1.29 is 0 Å². The van der Waals surface area contributed by atoms with Gasteiger partial charge in [0.2, 0.25) is 6.71 Å². The largest absolute Gasteiger partial charge is 0.311 e. The molecule has 0 saturated carbocycles. The number of rotatable bonds is 4. The van der Waals surface area contributed by atoms with Gasteiger partial charge in [0.05, 0.1) is 17.3 Å². The maximum Gasteiger partial charge on any atom is 0.248 e. The van der Waals surface area contributed by atoms with Gasteiger partial charge in [0.15, 0.2) is 0 Å². The van der Waals surface area contributed by atoms with Gasteiger partial charge < -0.3 is 4.90 Å². The molecule has 0 aliphatic carbocycles. The van der Waals surface area contributed by atoms with E-state index in [1.54, 1.807) is 0 Å². The predicted molar refractivity (Wildman–Crippen MR) is 273 cm³/mol. The van der Waals surface area contributed by atoms with E-state index in [4.69, 9.17) is 0 Å². The van der Waals surface area contributed by atoms with Gasteiger partial charge in [-0.3, -0.25) is 0 Å². The summed E-state index contributed by atoms with van der Waals surface area (Å²) in [6.45, 7) is 11.5. The van der Waals surface area contributed by atoms with Gasteiger partial charge in [0.25, 0.3) is 0 Å². The molecule has 10 aromatic carbocycles. The summed E-state index contributed by atoms with van der Waals surface area (Å²) < 4.78 is 0. The summed E-state index contributed by atoms with van der Waals surface area (Å²) in [7, 11) is 0. The van der Waals surface area contributed by atoms with Crippen molar-refractivity contribution in [1.82, 2.24) is 0 Å². The third-order valence-corrected chi connectivity index (χ3v) is 14.1. The third-order valence-electron chi connectivity index (χ3n) is 14.1. The van der Waals surface area contributed by atoms with Crippen molar-refractivity contribution in [2.45, 2.75) is 40.0 Å². The Morgan fingerprint density at radius 2 is 1.06 bits per heavy atom. The SMILES string of the molecule is Cc1cccc(C)c1N1c2cc3c(-c4ccccc4)c4ccccc4c(-c4ccccc4)c3cc2B2c3c(cc(C(C)(C)C)cc31)-c1cccc3c(-c4ccc(C#N)cc4)ccc2c13. The van der Waals surface area contributed by atoms with Crippen LogP contribution in [0.15, 0.2) is 182 Å². The van der Waals surface area contributed by atoms with Gasteiger partial charge in [-0.2, -0.15) is 5.26 Å². The van der Waals surface area contributed by atoms with Crippen molar-refractivity contribution >= 4 is 72.5 Å². The summed E-state index contributed by atoms with van der Waals surface area (Å²) in [4.78, 5) is 2.63. The van der Waals surface area contributed by atoms with Gasteiger partial charge in [-0.05, 0) is 148 Å². The quantitative estimate of drug-likeness (QED) is 0.131. The second-order valence-corrected chi connectivity index (χ2v) is 18.8. The van der Waals surface area contributed by atoms with E-state index in [2.05, 4.69) is 215 Å². The van der Waals surface area contributed by atoms with Crippen LogP contribution in [0, 0.1) is 25.2 Å². The zero-order valence-electron chi connectivity index (χ0n) is 36.8. The Morgan fingerprint density at radius 1 is 0.469 bits per heavy atom. The molecule has 0 saturated heterocycles. The minimum absolute atomic E-state index is 0.0401. The van der Waals surface area contributed by atoms with Crippen LogP contribution in [0.5, 0.6) is 0 Å². The van der Waals surface area contributed by atoms with Crippen molar-refractivity contribution in [1.29, 1.82) is 5.26 Å². The minimum Gasteiger partial charge on any atom is -0.311 e. The van der Waals surface area contributed by atoms with Gasteiger partial charge >= 0.3 is 0 Å². The maximum atomic E-state index is 9.66. The second kappa shape index (κ2) is 14.2. The number of hydrogen-bond acceptors (Lipinski definition) is 2. The molecule has 0 bridgehead atoms. The van der Waals surface area contributed by atoms with Gasteiger partial charge in [0.1, 0.15) is 0 Å². The summed E-state index contributed by atoms with van der Waals surface area (Å²) in [5.41, 5.74) is 21.9. The number of hydrogen-bond donors (Lipinski definition) is 0. The molecule has 2 aliphatic heterocycles. The van der Waals surface area contributed by atoms with Crippen molar-refractivity contribution in [3.63, 3.8) is 0 Å². The van der Waals surface area contributed by atoms with Crippen LogP contribution in [-0.4, -0.2) is 6.71 Å². The molecular weight excluding hydrogens is 771 g/mol. The fourth-order valence-corrected chi connectivity index (χ4v) is 11.1. The van der Waals surface area contributed by atoms with Crippen LogP contribution in [0.4, 0.5) is 17.1 Å². The summed E-state index contributed by atoms with van der Waals surface area (Å²) in [5, 5.41) is 17.2. The van der Waals surface area contributed by atoms with E-state index in [0.717, 1.165) is 5.56 Å². The van der Waals surface area contributed by atoms with Crippen LogP contribution < -0.4 is 21.3 Å². The first-order valence-corrected chi connectivity index (χ1v) is 22.4. The third kappa shape index (κ3) is 5.59. The lowest BCUT2D eigenvalue weighted by atomic mass is 9.32. The fourth-order valence-electron chi connectivity index (χ4n) is 11.1. The number of fused-ring (bicyclic) bond motifs is 6. The molecule has 0 spiro atoms. The lowest BCUT2D eigenvalue weighted by Gasteiger charge is -2.43. The first-order chi connectivity index (χ1) is 31.2. The molecule has 2 aliphatic rings. The molecule has 0 N–H and O–H groups in total. The van der Waals surface area contributed by atoms with Gasteiger partial charge in [-0.1, -0.05) is 184 Å². The zero-order valence-corrected chi connectivity index (χ0v) is 36.8. The molecule has 10 aromatic rings. The second-order valence-electron chi connectivity index (χ2n) is 18.8. The van der Waals surface area contributed by atoms with E-state index in [1.165, 1.54) is 121 Å². The lowest BCUT2D eigenvalue weighted by Crippen LogP contribution is -2.59. The standard InChI is InChI=1S/C61H45BN2/c1-37-16-14-17-38(2)60(37)64-54-35-50-49(56(41-18-8-6-9-19-41)46-22-12-13-23-47(46)57(50)42-20-10-7-11-21-42)34-53(54)62-52-31-30-44(40-28-26-39(36-63)27-29-40)45-24-15-25-48(58(45)52)51-32-43(61(3,4)5)33-55(64)59(51)62/h6-35H,1-5H3. The highest BCUT2D eigenvalue weighted by atomic mass is 15.2. The predicted octanol–water partition coefficient (Wildman–Crippen LogP) is 14.2. The Bertz CT molecular complexity index is 3590. The first-order valence-electron chi connectivity index (χ1n) is 22.4. The van der Waals surface area contributed by atoms with Crippen molar-refractivity contribution in [3.8, 4) is 50.6 Å². The average molecular weight is 817 g/mol. The van der Waals surface area contributed by atoms with Crippen LogP contribution in [0.3, 0.4) is 0 Å². The number of benzene rings is 10. The molecule has 2 nitrogen and oxygen atoms in total. The molecule has 12 rings (SSSR count). The molecule has 0 radical (unpaired) electrons. The Balaban J connectivity index is 1.29. The van der Waals surface area contributed by atoms with Crippen molar-refractivity contribution in [2.75, 3.05) is 4.90 Å². The normalized spacial score (nSPS) is 12.7. The van der Waals surface area contributed by atoms with Crippen LogP contribution in [-0.2, 0) is 5.41 Å². The van der Waals surface area contributed by atoms with Gasteiger partial charge in [-0.15, -0.1) is 0 Å². The van der Waals surface area contributed by atoms with E-state index in [9.17, 15) is 5.26 Å². The monoisotopic (exact) mass is 816 g/mol. The lowest BCUT2D eigenvalue weighted by molar-refractivity contribution is 0.590. The van der Waals surface area contributed by atoms with Crippen LogP contribution in [0.2, 0.25) is 0 Å². The summed E-state index contributed by atoms with van der Waals surface area (Å²) in [5.74, 6) is 0. The van der Waals surface area contributed by atoms with Crippen molar-refractivity contribution in [3.05, 3.63) is 204 Å². The van der Waals surface area contributed by atoms with Crippen molar-refractivity contribution in [2.24, 2.45) is 0 Å². The van der Waals surface area contributed by atoms with Gasteiger partial charge in [0, 0.05) is 11.4 Å². The molecule has 0 unspecified atom stereocenters. The minimum atomic E-state index is -0.111. The molecule has 64 heavy (non-hydrogen) atoms. The van der Waals surface area contributed by atoms with E-state index in [0.29, 0.717) is 5.56 Å². The maximum absolute atomic E-state index is 9.66. The van der Waals surface area contributed by atoms with Crippen LogP contribution >= 0.6 is 0 Å². The fraction of sp³-hybridized carbons (Fsp3) is 0.0984. The number of aryl methyl sites for hydroxylation is 2. The number of nitrogens with zero attached hydrogens (tertiary/aromatic N) is 2. The molecule has 0 amide bonds. The Kier molecular flexibility index (Phi) is 8.43. The molecule has 0 fully saturated rings. The van der Waals surface area contributed by atoms with Crippen LogP contribution in [0.1, 0.15) is 43.0 Å². The van der Waals surface area contributed by atoms with E-state index < -0.39 is 0 Å². The van der Waals surface area contributed by atoms with E-state index >= 15 is 0 Å². The van der Waals surface area contributed by atoms with Gasteiger partial charge in [-0.25, -0.2) is 0 Å². The topological polar surface area (TPSA) is 27.0 Å². The molecule has 0 aromatic heterocycles. The zero-order chi connectivity index (χ0) is 43.4. The molecular formula is C61H45BN2. The summed E-state index contributed by atoms with van der Waals surface area (Å²) in [6.07, 6.45) is 0. The molecule has 3 heteroatoms. The Labute approximate surface area is 375 Å². The van der Waals surface area contributed by atoms with E-state index in [-0.39, 0.29) is 12.1 Å². The summed E-state index contributed by atoms with van der Waals surface area (Å²) in [6, 6.07) is 69.9. The smallest absolute Gasteiger partial charge is 0.248 e. The number of anilines is 3. The Hall–Kier alpha value is -7.67. The highest BCUT2D eigenvalue weighted by molar-refractivity contribution is 7.01.